The molecule has 3 rings (SSSR count). The molecule has 0 unspecified atom stereocenters. The monoisotopic (exact) mass is 606 g/mol. The molecule has 0 fully saturated rings. The van der Waals surface area contributed by atoms with Crippen molar-refractivity contribution in [1.82, 2.24) is 0 Å². The van der Waals surface area contributed by atoms with E-state index in [2.05, 4.69) is 10.6 Å². The summed E-state index contributed by atoms with van der Waals surface area (Å²) in [5.41, 5.74) is 39.4. The van der Waals surface area contributed by atoms with Crippen molar-refractivity contribution >= 4 is 34.6 Å². The molecule has 0 aromatic heterocycles. The number of unbranched alkanes of at least 4 members (excludes halogenated alkanes) is 2. The smallest absolute Gasteiger partial charge is 0.259 e. The largest absolute Gasteiger partial charge is 0.491 e. The fourth-order valence-corrected chi connectivity index (χ4v) is 4.77. The van der Waals surface area contributed by atoms with E-state index in [1.807, 2.05) is 0 Å². The van der Waals surface area contributed by atoms with Crippen molar-refractivity contribution in [1.29, 1.82) is 0 Å². The first-order chi connectivity index (χ1) is 21.3. The van der Waals surface area contributed by atoms with Crippen LogP contribution in [0.1, 0.15) is 57.5 Å². The Morgan fingerprint density at radius 1 is 0.591 bits per heavy atom. The van der Waals surface area contributed by atoms with Crippen LogP contribution in [0.5, 0.6) is 11.5 Å². The Bertz CT molecular complexity index is 1300. The van der Waals surface area contributed by atoms with Crippen molar-refractivity contribution in [3.05, 3.63) is 70.8 Å². The molecule has 12 heteroatoms. The molecule has 3 aromatic carbocycles. The molecule has 238 valence electrons. The van der Waals surface area contributed by atoms with E-state index < -0.39 is 11.8 Å². The molecule has 0 saturated heterocycles. The predicted octanol–water partition coefficient (Wildman–Crippen LogP) is 2.59. The zero-order valence-electron chi connectivity index (χ0n) is 25.2. The van der Waals surface area contributed by atoms with Crippen molar-refractivity contribution < 1.29 is 19.1 Å². The van der Waals surface area contributed by atoms with Crippen molar-refractivity contribution in [3.63, 3.8) is 0 Å². The summed E-state index contributed by atoms with van der Waals surface area (Å²) in [5, 5.41) is 5.91. The first-order valence-corrected chi connectivity index (χ1v) is 15.0. The summed E-state index contributed by atoms with van der Waals surface area (Å²) in [7, 11) is 0. The van der Waals surface area contributed by atoms with Gasteiger partial charge in [-0.25, -0.2) is 0 Å². The van der Waals surface area contributed by atoms with Gasteiger partial charge in [0.05, 0.1) is 11.1 Å². The van der Waals surface area contributed by atoms with E-state index in [1.165, 1.54) is 12.1 Å². The van der Waals surface area contributed by atoms with E-state index in [4.69, 9.17) is 43.9 Å². The second kappa shape index (κ2) is 17.7. The third-order valence-corrected chi connectivity index (χ3v) is 7.00. The standard InChI is InChI=1S/C32H46N8O4/c33-13-3-1-7-21-25(37)9-5-11-27(21)39-31(41)23-19-24(30(44-18-16-36)20-29(23)43-17-15-35)32(42)40-28-12-6-10-26(38)22(28)8-2-4-14-34/h5-6,9-12,19-20H,1-4,7-8,13-18,33-38H2,(H,39,41)(H,40,42). The topological polar surface area (TPSA) is 233 Å². The summed E-state index contributed by atoms with van der Waals surface area (Å²) in [6.07, 6.45) is 4.56. The van der Waals surface area contributed by atoms with E-state index in [1.54, 1.807) is 36.4 Å². The molecule has 0 aliphatic heterocycles. The van der Waals surface area contributed by atoms with Gasteiger partial charge >= 0.3 is 0 Å². The Balaban J connectivity index is 2.03. The van der Waals surface area contributed by atoms with Crippen LogP contribution in [-0.2, 0) is 12.8 Å². The minimum atomic E-state index is -0.492. The molecule has 0 atom stereocenters. The number of carbonyl (C=O) groups excluding carboxylic acids is 2. The molecule has 3 aromatic rings. The number of hydrogen-bond acceptors (Lipinski definition) is 10. The number of hydrogen-bond donors (Lipinski definition) is 8. The molecule has 0 spiro atoms. The Labute approximate surface area is 258 Å². The number of carbonyl (C=O) groups is 2. The van der Waals surface area contributed by atoms with Crippen molar-refractivity contribution in [2.75, 3.05) is 61.5 Å². The number of anilines is 4. The van der Waals surface area contributed by atoms with Crippen LogP contribution < -0.4 is 54.5 Å². The maximum atomic E-state index is 13.8. The minimum absolute atomic E-state index is 0.120. The molecule has 0 heterocycles. The Morgan fingerprint density at radius 2 is 1.02 bits per heavy atom. The van der Waals surface area contributed by atoms with Gasteiger partial charge in [0.15, 0.2) is 0 Å². The number of nitrogens with two attached hydrogens (primary N) is 6. The van der Waals surface area contributed by atoms with Gasteiger partial charge in [0.1, 0.15) is 24.7 Å². The van der Waals surface area contributed by atoms with Crippen molar-refractivity contribution in [2.24, 2.45) is 22.9 Å². The third kappa shape index (κ3) is 9.32. The van der Waals surface area contributed by atoms with E-state index in [0.717, 1.165) is 36.8 Å². The predicted molar refractivity (Wildman–Crippen MR) is 177 cm³/mol. The highest BCUT2D eigenvalue weighted by molar-refractivity contribution is 6.12. The van der Waals surface area contributed by atoms with Gasteiger partial charge < -0.3 is 54.5 Å². The molecule has 44 heavy (non-hydrogen) atoms. The number of nitrogen functional groups attached to an aromatic ring is 2. The fourth-order valence-electron chi connectivity index (χ4n) is 4.77. The summed E-state index contributed by atoms with van der Waals surface area (Å²) >= 11 is 0. The molecular weight excluding hydrogens is 560 g/mol. The van der Waals surface area contributed by atoms with E-state index in [0.29, 0.717) is 48.7 Å². The maximum Gasteiger partial charge on any atom is 0.259 e. The fraction of sp³-hybridized carbons (Fsp3) is 0.375. The lowest BCUT2D eigenvalue weighted by Gasteiger charge is -2.19. The van der Waals surface area contributed by atoms with Crippen molar-refractivity contribution in [3.8, 4) is 11.5 Å². The zero-order valence-corrected chi connectivity index (χ0v) is 25.2. The van der Waals surface area contributed by atoms with Gasteiger partial charge in [0.2, 0.25) is 0 Å². The molecule has 12 nitrogen and oxygen atoms in total. The molecule has 0 radical (unpaired) electrons. The van der Waals surface area contributed by atoms with Gasteiger partial charge in [-0.2, -0.15) is 0 Å². The van der Waals surface area contributed by atoms with Gasteiger partial charge in [0.25, 0.3) is 11.8 Å². The number of amides is 2. The molecular formula is C32H46N8O4. The first kappa shape index (κ1) is 34.1. The van der Waals surface area contributed by atoms with Crippen LogP contribution in [0.3, 0.4) is 0 Å². The SMILES string of the molecule is NCCCCc1c(N)cccc1NC(=O)c1cc(C(=O)Nc2cccc(N)c2CCCCN)c(OCCN)cc1OCCN. The molecule has 14 N–H and O–H groups in total. The average molecular weight is 607 g/mol. The quantitative estimate of drug-likeness (QED) is 0.0778. The van der Waals surface area contributed by atoms with Gasteiger partial charge in [-0.3, -0.25) is 9.59 Å². The molecule has 0 bridgehead atoms. The lowest BCUT2D eigenvalue weighted by atomic mass is 10.0. The second-order valence-corrected chi connectivity index (χ2v) is 10.3. The highest BCUT2D eigenvalue weighted by Crippen LogP contribution is 2.33. The summed E-state index contributed by atoms with van der Waals surface area (Å²) in [6.45, 7) is 1.83. The average Bonchev–Trinajstić information content (AvgIpc) is 3.01. The van der Waals surface area contributed by atoms with Crippen molar-refractivity contribution in [2.45, 2.75) is 38.5 Å². The highest BCUT2D eigenvalue weighted by Gasteiger charge is 2.24. The van der Waals surface area contributed by atoms with Crippen LogP contribution in [0.25, 0.3) is 0 Å². The van der Waals surface area contributed by atoms with Gasteiger partial charge in [0, 0.05) is 41.9 Å². The van der Waals surface area contributed by atoms with E-state index >= 15 is 0 Å². The molecule has 0 saturated carbocycles. The Hall–Kier alpha value is -4.36. The normalized spacial score (nSPS) is 10.8. The van der Waals surface area contributed by atoms with Gasteiger partial charge in [-0.05, 0) is 93.1 Å². The summed E-state index contributed by atoms with van der Waals surface area (Å²) in [4.78, 5) is 27.6. The third-order valence-electron chi connectivity index (χ3n) is 7.00. The summed E-state index contributed by atoms with van der Waals surface area (Å²) in [6, 6.07) is 13.6. The summed E-state index contributed by atoms with van der Waals surface area (Å²) in [5.74, 6) is -0.574. The van der Waals surface area contributed by atoms with Crippen LogP contribution in [0.4, 0.5) is 22.7 Å². The summed E-state index contributed by atoms with van der Waals surface area (Å²) < 4.78 is 11.7. The second-order valence-electron chi connectivity index (χ2n) is 10.3. The first-order valence-electron chi connectivity index (χ1n) is 15.0. The Kier molecular flexibility index (Phi) is 13.7. The zero-order chi connectivity index (χ0) is 31.9. The van der Waals surface area contributed by atoms with Gasteiger partial charge in [-0.1, -0.05) is 12.1 Å². The van der Waals surface area contributed by atoms with Crippen LogP contribution in [-0.4, -0.2) is 51.2 Å². The van der Waals surface area contributed by atoms with Crippen LogP contribution >= 0.6 is 0 Å². The van der Waals surface area contributed by atoms with E-state index in [9.17, 15) is 9.59 Å². The molecule has 2 amide bonds. The maximum absolute atomic E-state index is 13.8. The lowest BCUT2D eigenvalue weighted by molar-refractivity contribution is 0.102. The van der Waals surface area contributed by atoms with Crippen LogP contribution in [0.2, 0.25) is 0 Å². The number of benzene rings is 3. The van der Waals surface area contributed by atoms with E-state index in [-0.39, 0.29) is 48.9 Å². The number of nitrogens with one attached hydrogen (secondary N) is 2. The number of ether oxygens (including phenoxy) is 2. The lowest BCUT2D eigenvalue weighted by Crippen LogP contribution is -2.21. The molecule has 0 aliphatic carbocycles. The Morgan fingerprint density at radius 3 is 1.41 bits per heavy atom. The number of rotatable bonds is 18. The highest BCUT2D eigenvalue weighted by atomic mass is 16.5. The van der Waals surface area contributed by atoms with Crippen LogP contribution in [0.15, 0.2) is 48.5 Å². The van der Waals surface area contributed by atoms with Gasteiger partial charge in [-0.15, -0.1) is 0 Å². The molecule has 0 aliphatic rings. The van der Waals surface area contributed by atoms with Crippen LogP contribution in [0, 0.1) is 0 Å². The minimum Gasteiger partial charge on any atom is -0.491 e.